The number of hydrogen-bond acceptors (Lipinski definition) is 6. The van der Waals surface area contributed by atoms with Gasteiger partial charge in [-0.05, 0) is 32.6 Å². The molecule has 0 N–H and O–H groups in total. The third kappa shape index (κ3) is 3.95. The van der Waals surface area contributed by atoms with E-state index in [9.17, 15) is 9.59 Å². The lowest BCUT2D eigenvalue weighted by Crippen LogP contribution is -2.37. The molecule has 0 aliphatic carbocycles. The largest absolute Gasteiger partial charge is 0.344 e. The molecular weight excluding hydrogens is 344 g/mol. The van der Waals surface area contributed by atoms with Crippen LogP contribution < -0.4 is 4.90 Å². The average Bonchev–Trinajstić information content (AvgIpc) is 2.93. The summed E-state index contributed by atoms with van der Waals surface area (Å²) in [5.41, 5.74) is 1.81. The number of aromatic nitrogens is 3. The van der Waals surface area contributed by atoms with Gasteiger partial charge in [0.15, 0.2) is 5.69 Å². The maximum Gasteiger partial charge on any atom is 0.280 e. The lowest BCUT2D eigenvalue weighted by molar-refractivity contribution is -0.130. The van der Waals surface area contributed by atoms with E-state index in [4.69, 9.17) is 0 Å². The summed E-state index contributed by atoms with van der Waals surface area (Å²) in [5.74, 6) is 0.174. The second-order valence-corrected chi connectivity index (χ2v) is 7.00. The molecule has 8 nitrogen and oxygen atoms in total. The first-order valence-electron chi connectivity index (χ1n) is 8.84. The minimum absolute atomic E-state index is 0.0507. The molecule has 3 heterocycles. The van der Waals surface area contributed by atoms with Crippen LogP contribution in [0.1, 0.15) is 34.2 Å². The number of aryl methyl sites for hydroxylation is 1. The molecule has 1 unspecified atom stereocenters. The molecule has 0 saturated carbocycles. The molecule has 1 atom stereocenters. The third-order valence-corrected chi connectivity index (χ3v) is 4.59. The molecular formula is C19H24N6O2. The maximum absolute atomic E-state index is 12.9. The smallest absolute Gasteiger partial charge is 0.280 e. The van der Waals surface area contributed by atoms with Crippen LogP contribution in [0.25, 0.3) is 0 Å². The Bertz CT molecular complexity index is 836. The van der Waals surface area contributed by atoms with Crippen LogP contribution in [0.5, 0.6) is 0 Å². The van der Waals surface area contributed by atoms with Crippen molar-refractivity contribution in [1.29, 1.82) is 0 Å². The molecule has 8 heteroatoms. The van der Waals surface area contributed by atoms with Crippen molar-refractivity contribution < 1.29 is 9.59 Å². The van der Waals surface area contributed by atoms with Crippen molar-refractivity contribution in [3.63, 3.8) is 0 Å². The van der Waals surface area contributed by atoms with Crippen molar-refractivity contribution in [1.82, 2.24) is 24.8 Å². The fourth-order valence-corrected chi connectivity index (χ4v) is 2.99. The Labute approximate surface area is 158 Å². The van der Waals surface area contributed by atoms with Gasteiger partial charge in [0.2, 0.25) is 5.91 Å². The van der Waals surface area contributed by atoms with E-state index in [1.165, 1.54) is 11.1 Å². The van der Waals surface area contributed by atoms with E-state index in [0.29, 0.717) is 18.1 Å². The van der Waals surface area contributed by atoms with Gasteiger partial charge in [-0.3, -0.25) is 19.5 Å². The van der Waals surface area contributed by atoms with Gasteiger partial charge in [0, 0.05) is 38.7 Å². The van der Waals surface area contributed by atoms with Gasteiger partial charge in [-0.15, -0.1) is 0 Å². The number of nitrogens with zero attached hydrogens (tertiary/aromatic N) is 6. The number of amides is 2. The number of anilines is 1. The van der Waals surface area contributed by atoms with E-state index in [1.807, 2.05) is 32.0 Å². The van der Waals surface area contributed by atoms with Crippen LogP contribution in [0.2, 0.25) is 0 Å². The molecule has 0 fully saturated rings. The number of likely N-dealkylation sites (N-methyl/N-ethyl adjacent to an activating group) is 2. The Morgan fingerprint density at radius 1 is 1.11 bits per heavy atom. The fourth-order valence-electron chi connectivity index (χ4n) is 2.99. The zero-order valence-electron chi connectivity index (χ0n) is 16.1. The summed E-state index contributed by atoms with van der Waals surface area (Å²) in [5, 5.41) is 0. The Hall–Kier alpha value is -2.87. The molecule has 1 aliphatic heterocycles. The first-order valence-corrected chi connectivity index (χ1v) is 8.84. The van der Waals surface area contributed by atoms with E-state index in [0.717, 1.165) is 12.1 Å². The molecule has 2 amide bonds. The molecule has 0 spiro atoms. The van der Waals surface area contributed by atoms with Gasteiger partial charge in [-0.2, -0.15) is 0 Å². The highest BCUT2D eigenvalue weighted by Crippen LogP contribution is 2.36. The first-order chi connectivity index (χ1) is 12.9. The Balaban J connectivity index is 1.88. The zero-order valence-corrected chi connectivity index (χ0v) is 16.1. The van der Waals surface area contributed by atoms with Crippen LogP contribution in [0.3, 0.4) is 0 Å². The van der Waals surface area contributed by atoms with Crippen molar-refractivity contribution in [2.45, 2.75) is 19.4 Å². The predicted octanol–water partition coefficient (Wildman–Crippen LogP) is 1.29. The first kappa shape index (κ1) is 18.9. The summed E-state index contributed by atoms with van der Waals surface area (Å²) in [6.45, 7) is 3.31. The quantitative estimate of drug-likeness (QED) is 0.764. The molecule has 3 rings (SSSR count). The van der Waals surface area contributed by atoms with Crippen LogP contribution in [0.15, 0.2) is 30.7 Å². The van der Waals surface area contributed by atoms with Gasteiger partial charge in [0.05, 0.1) is 18.2 Å². The molecule has 0 aromatic carbocycles. The zero-order chi connectivity index (χ0) is 19.6. The van der Waals surface area contributed by atoms with Crippen LogP contribution in [0, 0.1) is 6.92 Å². The van der Waals surface area contributed by atoms with Gasteiger partial charge in [0.25, 0.3) is 5.91 Å². The van der Waals surface area contributed by atoms with Gasteiger partial charge in [-0.1, -0.05) is 6.07 Å². The van der Waals surface area contributed by atoms with Gasteiger partial charge < -0.3 is 9.80 Å². The van der Waals surface area contributed by atoms with E-state index < -0.39 is 6.04 Å². The topological polar surface area (TPSA) is 82.5 Å². The fraction of sp³-hybridized carbons (Fsp3) is 0.421. The molecule has 0 bridgehead atoms. The summed E-state index contributed by atoms with van der Waals surface area (Å²) in [7, 11) is 5.70. The Kier molecular flexibility index (Phi) is 5.46. The second kappa shape index (κ2) is 7.79. The molecule has 27 heavy (non-hydrogen) atoms. The van der Waals surface area contributed by atoms with Crippen molar-refractivity contribution in [2.75, 3.05) is 39.1 Å². The number of fused-ring (bicyclic) bond motifs is 1. The van der Waals surface area contributed by atoms with Gasteiger partial charge in [0.1, 0.15) is 5.82 Å². The minimum Gasteiger partial charge on any atom is -0.344 e. The van der Waals surface area contributed by atoms with E-state index in [1.54, 1.807) is 30.4 Å². The summed E-state index contributed by atoms with van der Waals surface area (Å²) >= 11 is 0. The van der Waals surface area contributed by atoms with Crippen molar-refractivity contribution >= 4 is 17.6 Å². The highest BCUT2D eigenvalue weighted by atomic mass is 16.2. The summed E-state index contributed by atoms with van der Waals surface area (Å²) in [6.07, 6.45) is 4.88. The SMILES string of the molecule is Cc1ccc(N2C(=O)c3nccnc3C2CC(=O)N(C)CCN(C)C)nc1. The predicted molar refractivity (Wildman–Crippen MR) is 101 cm³/mol. The second-order valence-electron chi connectivity index (χ2n) is 7.00. The molecule has 142 valence electrons. The monoisotopic (exact) mass is 368 g/mol. The summed E-state index contributed by atoms with van der Waals surface area (Å²) in [4.78, 5) is 43.8. The molecule has 0 saturated heterocycles. The highest BCUT2D eigenvalue weighted by Gasteiger charge is 2.42. The van der Waals surface area contributed by atoms with Crippen molar-refractivity contribution in [2.24, 2.45) is 0 Å². The average molecular weight is 368 g/mol. The van der Waals surface area contributed by atoms with Crippen LogP contribution in [-0.2, 0) is 4.79 Å². The lowest BCUT2D eigenvalue weighted by Gasteiger charge is -2.26. The maximum atomic E-state index is 12.9. The van der Waals surface area contributed by atoms with E-state index in [-0.39, 0.29) is 23.9 Å². The Morgan fingerprint density at radius 3 is 2.52 bits per heavy atom. The Morgan fingerprint density at radius 2 is 1.85 bits per heavy atom. The number of rotatable bonds is 6. The van der Waals surface area contributed by atoms with E-state index >= 15 is 0 Å². The molecule has 1 aliphatic rings. The number of carbonyl (C=O) groups is 2. The van der Waals surface area contributed by atoms with E-state index in [2.05, 4.69) is 15.0 Å². The highest BCUT2D eigenvalue weighted by molar-refractivity contribution is 6.09. The number of carbonyl (C=O) groups excluding carboxylic acids is 2. The van der Waals surface area contributed by atoms with Gasteiger partial charge >= 0.3 is 0 Å². The van der Waals surface area contributed by atoms with Gasteiger partial charge in [-0.25, -0.2) is 9.97 Å². The third-order valence-electron chi connectivity index (χ3n) is 4.59. The normalized spacial score (nSPS) is 16.0. The lowest BCUT2D eigenvalue weighted by atomic mass is 10.1. The molecule has 2 aromatic heterocycles. The summed E-state index contributed by atoms with van der Waals surface area (Å²) < 4.78 is 0. The summed E-state index contributed by atoms with van der Waals surface area (Å²) in [6, 6.07) is 3.17. The molecule has 0 radical (unpaired) electrons. The standard InChI is InChI=1S/C19H24N6O2/c1-13-5-6-15(22-12-13)25-14(11-16(26)24(4)10-9-23(2)3)17-18(19(25)27)21-8-7-20-17/h5-8,12,14H,9-11H2,1-4H3. The number of hydrogen-bond donors (Lipinski definition) is 0. The van der Waals surface area contributed by atoms with Crippen LogP contribution in [-0.4, -0.2) is 70.8 Å². The minimum atomic E-state index is -0.509. The van der Waals surface area contributed by atoms with Crippen molar-refractivity contribution in [3.8, 4) is 0 Å². The van der Waals surface area contributed by atoms with Crippen molar-refractivity contribution in [3.05, 3.63) is 47.7 Å². The number of pyridine rings is 1. The van der Waals surface area contributed by atoms with Crippen LogP contribution in [0.4, 0.5) is 5.82 Å². The van der Waals surface area contributed by atoms with Crippen LogP contribution >= 0.6 is 0 Å². The molecule has 2 aromatic rings.